The smallest absolute Gasteiger partial charge is 0.255 e. The summed E-state index contributed by atoms with van der Waals surface area (Å²) in [6.45, 7) is 1.92. The lowest BCUT2D eigenvalue weighted by Gasteiger charge is -2.09. The number of benzene rings is 2. The molecule has 0 saturated heterocycles. The second kappa shape index (κ2) is 6.90. The van der Waals surface area contributed by atoms with Crippen LogP contribution in [0.3, 0.4) is 0 Å². The van der Waals surface area contributed by atoms with Crippen LogP contribution in [-0.2, 0) is 4.79 Å². The van der Waals surface area contributed by atoms with E-state index in [9.17, 15) is 9.59 Å². The Labute approximate surface area is 128 Å². The number of rotatable bonds is 4. The van der Waals surface area contributed by atoms with Gasteiger partial charge in [0.25, 0.3) is 5.91 Å². The summed E-state index contributed by atoms with van der Waals surface area (Å²) in [6.07, 6.45) is 0. The molecule has 0 bridgehead atoms. The molecule has 0 spiro atoms. The first kappa shape index (κ1) is 15.1. The molecule has 2 aromatic carbocycles. The number of hydrogen-bond acceptors (Lipinski definition) is 2. The second-order valence-electron chi connectivity index (χ2n) is 4.53. The normalized spacial score (nSPS) is 10.0. The number of nitrogens with one attached hydrogen (secondary N) is 2. The van der Waals surface area contributed by atoms with E-state index in [1.807, 2.05) is 31.2 Å². The highest BCUT2D eigenvalue weighted by Crippen LogP contribution is 2.16. The summed E-state index contributed by atoms with van der Waals surface area (Å²) in [7, 11) is 0. The fraction of sp³-hybridized carbons (Fsp3) is 0.125. The van der Waals surface area contributed by atoms with Crippen LogP contribution in [-0.4, -0.2) is 17.7 Å². The molecule has 0 fully saturated rings. The topological polar surface area (TPSA) is 58.2 Å². The van der Waals surface area contributed by atoms with Crippen molar-refractivity contribution in [1.82, 2.24) is 0 Å². The third-order valence-corrected chi connectivity index (χ3v) is 3.17. The van der Waals surface area contributed by atoms with E-state index in [2.05, 4.69) is 10.6 Å². The van der Waals surface area contributed by atoms with Gasteiger partial charge in [-0.2, -0.15) is 0 Å². The minimum absolute atomic E-state index is 0.125. The van der Waals surface area contributed by atoms with Gasteiger partial charge in [0.2, 0.25) is 5.91 Å². The molecule has 5 heteroatoms. The second-order valence-corrected chi connectivity index (χ2v) is 4.80. The van der Waals surface area contributed by atoms with Crippen LogP contribution in [0, 0.1) is 6.92 Å². The molecule has 21 heavy (non-hydrogen) atoms. The zero-order valence-corrected chi connectivity index (χ0v) is 12.3. The van der Waals surface area contributed by atoms with Gasteiger partial charge in [0.15, 0.2) is 0 Å². The quantitative estimate of drug-likeness (QED) is 0.850. The van der Waals surface area contributed by atoms with Gasteiger partial charge in [0, 0.05) is 16.9 Å². The van der Waals surface area contributed by atoms with Crippen LogP contribution in [0.1, 0.15) is 15.9 Å². The molecule has 0 aliphatic carbocycles. The maximum Gasteiger partial charge on any atom is 0.255 e. The number of halogens is 1. The fourth-order valence-corrected chi connectivity index (χ4v) is 1.91. The Bertz CT molecular complexity index is 671. The summed E-state index contributed by atoms with van der Waals surface area (Å²) in [5, 5.41) is 5.45. The molecule has 0 atom stereocenters. The Morgan fingerprint density at radius 2 is 1.81 bits per heavy atom. The number of alkyl halides is 1. The maximum atomic E-state index is 12.2. The Balaban J connectivity index is 2.14. The summed E-state index contributed by atoms with van der Waals surface area (Å²) < 4.78 is 0. The molecule has 0 heterocycles. The largest absolute Gasteiger partial charge is 0.325 e. The number of carbonyl (C=O) groups excluding carboxylic acids is 2. The van der Waals surface area contributed by atoms with Crippen molar-refractivity contribution in [2.24, 2.45) is 0 Å². The van der Waals surface area contributed by atoms with Gasteiger partial charge in [0.1, 0.15) is 5.88 Å². The van der Waals surface area contributed by atoms with E-state index in [1.165, 1.54) is 0 Å². The van der Waals surface area contributed by atoms with Crippen molar-refractivity contribution >= 4 is 34.8 Å². The lowest BCUT2D eigenvalue weighted by molar-refractivity contribution is -0.113. The van der Waals surface area contributed by atoms with Crippen LogP contribution < -0.4 is 10.6 Å². The molecule has 0 unspecified atom stereocenters. The first-order valence-electron chi connectivity index (χ1n) is 6.43. The Kier molecular flexibility index (Phi) is 4.95. The highest BCUT2D eigenvalue weighted by atomic mass is 35.5. The van der Waals surface area contributed by atoms with Crippen LogP contribution in [0.25, 0.3) is 0 Å². The lowest BCUT2D eigenvalue weighted by Crippen LogP contribution is -2.15. The van der Waals surface area contributed by atoms with Crippen LogP contribution in [0.2, 0.25) is 0 Å². The standard InChI is InChI=1S/C16H15ClN2O2/c1-11-5-2-3-8-14(11)19-16(21)12-6-4-7-13(9-12)18-15(20)10-17/h2-9H,10H2,1H3,(H,18,20)(H,19,21). The molecule has 0 radical (unpaired) electrons. The molecule has 0 aliphatic rings. The van der Waals surface area contributed by atoms with Crippen molar-refractivity contribution in [2.75, 3.05) is 16.5 Å². The number of carbonyl (C=O) groups is 2. The molecule has 0 aromatic heterocycles. The van der Waals surface area contributed by atoms with E-state index in [0.717, 1.165) is 11.3 Å². The van der Waals surface area contributed by atoms with E-state index in [4.69, 9.17) is 11.6 Å². The van der Waals surface area contributed by atoms with Crippen molar-refractivity contribution in [2.45, 2.75) is 6.92 Å². The summed E-state index contributed by atoms with van der Waals surface area (Å²) >= 11 is 5.44. The van der Waals surface area contributed by atoms with Gasteiger partial charge >= 0.3 is 0 Å². The van der Waals surface area contributed by atoms with Crippen LogP contribution in [0.4, 0.5) is 11.4 Å². The predicted molar refractivity (Wildman–Crippen MR) is 84.9 cm³/mol. The van der Waals surface area contributed by atoms with Gasteiger partial charge < -0.3 is 10.6 Å². The SMILES string of the molecule is Cc1ccccc1NC(=O)c1cccc(NC(=O)CCl)c1. The van der Waals surface area contributed by atoms with E-state index < -0.39 is 0 Å². The van der Waals surface area contributed by atoms with Crippen molar-refractivity contribution in [3.8, 4) is 0 Å². The molecule has 2 rings (SSSR count). The van der Waals surface area contributed by atoms with Crippen molar-refractivity contribution < 1.29 is 9.59 Å². The first-order valence-corrected chi connectivity index (χ1v) is 6.96. The number of aryl methyl sites for hydroxylation is 1. The summed E-state index contributed by atoms with van der Waals surface area (Å²) in [6, 6.07) is 14.2. The fourth-order valence-electron chi connectivity index (χ4n) is 1.84. The molecule has 4 nitrogen and oxygen atoms in total. The lowest BCUT2D eigenvalue weighted by atomic mass is 10.1. The summed E-state index contributed by atoms with van der Waals surface area (Å²) in [5.74, 6) is -0.668. The van der Waals surface area contributed by atoms with Crippen molar-refractivity contribution in [3.63, 3.8) is 0 Å². The summed E-state index contributed by atoms with van der Waals surface area (Å²) in [4.78, 5) is 23.5. The molecule has 2 aromatic rings. The third kappa shape index (κ3) is 4.07. The Morgan fingerprint density at radius 3 is 2.52 bits per heavy atom. The third-order valence-electron chi connectivity index (χ3n) is 2.92. The van der Waals surface area contributed by atoms with Gasteiger partial charge in [-0.25, -0.2) is 0 Å². The van der Waals surface area contributed by atoms with Gasteiger partial charge in [0.05, 0.1) is 0 Å². The highest BCUT2D eigenvalue weighted by Gasteiger charge is 2.09. The molecule has 2 amide bonds. The van der Waals surface area contributed by atoms with E-state index in [-0.39, 0.29) is 17.7 Å². The van der Waals surface area contributed by atoms with Gasteiger partial charge in [-0.3, -0.25) is 9.59 Å². The molecule has 0 aliphatic heterocycles. The minimum atomic E-state index is -0.312. The van der Waals surface area contributed by atoms with E-state index in [1.54, 1.807) is 24.3 Å². The zero-order chi connectivity index (χ0) is 15.2. The summed E-state index contributed by atoms with van der Waals surface area (Å²) in [5.41, 5.74) is 2.75. The van der Waals surface area contributed by atoms with Crippen LogP contribution in [0.15, 0.2) is 48.5 Å². The minimum Gasteiger partial charge on any atom is -0.325 e. The molecular weight excluding hydrogens is 288 g/mol. The number of amides is 2. The van der Waals surface area contributed by atoms with Gasteiger partial charge in [-0.05, 0) is 36.8 Å². The van der Waals surface area contributed by atoms with Gasteiger partial charge in [-0.1, -0.05) is 24.3 Å². The zero-order valence-electron chi connectivity index (χ0n) is 11.5. The predicted octanol–water partition coefficient (Wildman–Crippen LogP) is 3.42. The number of hydrogen-bond donors (Lipinski definition) is 2. The van der Waals surface area contributed by atoms with E-state index in [0.29, 0.717) is 11.3 Å². The maximum absolute atomic E-state index is 12.2. The average Bonchev–Trinajstić information content (AvgIpc) is 2.49. The number of para-hydroxylation sites is 1. The Hall–Kier alpha value is -2.33. The van der Waals surface area contributed by atoms with Gasteiger partial charge in [-0.15, -0.1) is 11.6 Å². The van der Waals surface area contributed by atoms with Crippen molar-refractivity contribution in [1.29, 1.82) is 0 Å². The molecule has 108 valence electrons. The first-order chi connectivity index (χ1) is 10.1. The monoisotopic (exact) mass is 302 g/mol. The molecular formula is C16H15ClN2O2. The highest BCUT2D eigenvalue weighted by molar-refractivity contribution is 6.29. The average molecular weight is 303 g/mol. The Morgan fingerprint density at radius 1 is 1.05 bits per heavy atom. The van der Waals surface area contributed by atoms with Crippen molar-refractivity contribution in [3.05, 3.63) is 59.7 Å². The molecule has 0 saturated carbocycles. The van der Waals surface area contributed by atoms with Crippen LogP contribution >= 0.6 is 11.6 Å². The van der Waals surface area contributed by atoms with Crippen LogP contribution in [0.5, 0.6) is 0 Å². The van der Waals surface area contributed by atoms with E-state index >= 15 is 0 Å². The number of anilines is 2. The molecule has 2 N–H and O–H groups in total.